The molecule has 0 saturated carbocycles. The van der Waals surface area contributed by atoms with Gasteiger partial charge >= 0.3 is 6.09 Å². The van der Waals surface area contributed by atoms with E-state index in [1.165, 1.54) is 4.90 Å². The van der Waals surface area contributed by atoms with Gasteiger partial charge in [0.2, 0.25) is 0 Å². The summed E-state index contributed by atoms with van der Waals surface area (Å²) in [6.07, 6.45) is 1.10. The van der Waals surface area contributed by atoms with Gasteiger partial charge in [-0.1, -0.05) is 17.7 Å². The second kappa shape index (κ2) is 8.03. The second-order valence-electron chi connectivity index (χ2n) is 8.95. The van der Waals surface area contributed by atoms with E-state index in [-0.39, 0.29) is 18.9 Å². The van der Waals surface area contributed by atoms with Crippen molar-refractivity contribution in [3.8, 4) is 11.3 Å². The molecule has 1 aromatic carbocycles. The van der Waals surface area contributed by atoms with Crippen molar-refractivity contribution in [2.45, 2.75) is 39.8 Å². The number of pyridine rings is 1. The van der Waals surface area contributed by atoms with Gasteiger partial charge < -0.3 is 20.8 Å². The fourth-order valence-corrected chi connectivity index (χ4v) is 3.66. The third kappa shape index (κ3) is 4.44. The van der Waals surface area contributed by atoms with Crippen LogP contribution < -0.4 is 11.1 Å². The van der Waals surface area contributed by atoms with Crippen molar-refractivity contribution in [1.29, 1.82) is 0 Å². The first-order valence-corrected chi connectivity index (χ1v) is 10.4. The Morgan fingerprint density at radius 3 is 2.56 bits per heavy atom. The number of anilines is 3. The maximum atomic E-state index is 13.2. The van der Waals surface area contributed by atoms with Gasteiger partial charge in [0.1, 0.15) is 11.4 Å². The number of aromatic amines is 1. The molecule has 166 valence electrons. The predicted molar refractivity (Wildman–Crippen MR) is 124 cm³/mol. The number of ether oxygens (including phenoxy) is 1. The molecular formula is C24H27N5O3. The average molecular weight is 434 g/mol. The summed E-state index contributed by atoms with van der Waals surface area (Å²) in [5.74, 6) is 0.203. The number of nitrogens with zero attached hydrogens (tertiary/aromatic N) is 2. The summed E-state index contributed by atoms with van der Waals surface area (Å²) in [7, 11) is 0. The molecule has 3 heterocycles. The van der Waals surface area contributed by atoms with E-state index in [0.717, 1.165) is 16.8 Å². The number of Topliss-reactive ketones (excluding diaryl/α,β-unsaturated/α-hetero) is 1. The number of carbonyl (C=O) groups excluding carboxylic acids is 2. The molecule has 4 N–H and O–H groups in total. The number of carbonyl (C=O) groups is 2. The normalized spacial score (nSPS) is 13.6. The minimum absolute atomic E-state index is 0.0553. The highest BCUT2D eigenvalue weighted by Crippen LogP contribution is 2.38. The molecule has 2 aromatic heterocycles. The Hall–Kier alpha value is -3.81. The van der Waals surface area contributed by atoms with Gasteiger partial charge in [-0.05, 0) is 52.0 Å². The van der Waals surface area contributed by atoms with Crippen LogP contribution >= 0.6 is 0 Å². The number of aromatic nitrogens is 2. The molecule has 32 heavy (non-hydrogen) atoms. The number of nitrogen functional groups attached to an aromatic ring is 1. The number of hydrogen-bond donors (Lipinski definition) is 3. The topological polar surface area (TPSA) is 113 Å². The molecule has 1 aliphatic rings. The second-order valence-corrected chi connectivity index (χ2v) is 8.95. The summed E-state index contributed by atoms with van der Waals surface area (Å²) >= 11 is 0. The summed E-state index contributed by atoms with van der Waals surface area (Å²) in [6.45, 7) is 7.59. The standard InChI is InChI=1S/C24H27N5O3/c1-14-5-7-16(8-6-14)27-22-20-17(28-21(22)15-9-10-26-19(25)11-15)12-29(13-18(20)30)23(31)32-24(2,3)4/h5-11,27-28H,12-13H2,1-4H3,(H2,25,26). The van der Waals surface area contributed by atoms with E-state index in [1.807, 2.05) is 37.3 Å². The third-order valence-corrected chi connectivity index (χ3v) is 5.08. The number of benzene rings is 1. The number of H-pyrrole nitrogens is 1. The van der Waals surface area contributed by atoms with E-state index >= 15 is 0 Å². The monoisotopic (exact) mass is 433 g/mol. The Morgan fingerprint density at radius 1 is 1.19 bits per heavy atom. The molecule has 3 aromatic rings. The van der Waals surface area contributed by atoms with Crippen LogP contribution in [0.25, 0.3) is 11.3 Å². The molecule has 0 atom stereocenters. The van der Waals surface area contributed by atoms with Gasteiger partial charge in [-0.25, -0.2) is 9.78 Å². The zero-order valence-corrected chi connectivity index (χ0v) is 18.7. The highest BCUT2D eigenvalue weighted by molar-refractivity contribution is 6.09. The lowest BCUT2D eigenvalue weighted by Gasteiger charge is -2.29. The Balaban J connectivity index is 1.76. The van der Waals surface area contributed by atoms with E-state index in [4.69, 9.17) is 10.5 Å². The minimum atomic E-state index is -0.645. The summed E-state index contributed by atoms with van der Waals surface area (Å²) in [4.78, 5) is 34.6. The number of rotatable bonds is 3. The smallest absolute Gasteiger partial charge is 0.411 e. The molecule has 0 aliphatic carbocycles. The van der Waals surface area contributed by atoms with Crippen molar-refractivity contribution in [2.24, 2.45) is 0 Å². The van der Waals surface area contributed by atoms with E-state index in [9.17, 15) is 9.59 Å². The zero-order valence-electron chi connectivity index (χ0n) is 18.7. The molecule has 0 spiro atoms. The molecule has 8 heteroatoms. The SMILES string of the molecule is Cc1ccc(Nc2c(-c3ccnc(N)c3)[nH]c3c2C(=O)CN(C(=O)OC(C)(C)C)C3)cc1. The van der Waals surface area contributed by atoms with Gasteiger partial charge in [0.05, 0.1) is 30.0 Å². The molecule has 0 fully saturated rings. The van der Waals surface area contributed by atoms with Crippen molar-refractivity contribution in [2.75, 3.05) is 17.6 Å². The van der Waals surface area contributed by atoms with Crippen LogP contribution in [0.2, 0.25) is 0 Å². The summed E-state index contributed by atoms with van der Waals surface area (Å²) in [6, 6.07) is 11.5. The maximum absolute atomic E-state index is 13.2. The largest absolute Gasteiger partial charge is 0.444 e. The van der Waals surface area contributed by atoms with Gasteiger partial charge in [-0.15, -0.1) is 0 Å². The van der Waals surface area contributed by atoms with Gasteiger partial charge in [0.15, 0.2) is 5.78 Å². The number of ketones is 1. The summed E-state index contributed by atoms with van der Waals surface area (Å²) in [5.41, 5.74) is 10.6. The van der Waals surface area contributed by atoms with E-state index in [1.54, 1.807) is 33.0 Å². The fraction of sp³-hybridized carbons (Fsp3) is 0.292. The van der Waals surface area contributed by atoms with E-state index < -0.39 is 11.7 Å². The predicted octanol–water partition coefficient (Wildman–Crippen LogP) is 4.64. The Bertz CT molecular complexity index is 1180. The van der Waals surface area contributed by atoms with Gasteiger partial charge in [-0.3, -0.25) is 9.69 Å². The number of aryl methyl sites for hydroxylation is 1. The fourth-order valence-electron chi connectivity index (χ4n) is 3.66. The highest BCUT2D eigenvalue weighted by atomic mass is 16.6. The lowest BCUT2D eigenvalue weighted by atomic mass is 10.0. The Kier molecular flexibility index (Phi) is 5.38. The quantitative estimate of drug-likeness (QED) is 0.554. The van der Waals surface area contributed by atoms with Crippen LogP contribution in [0.15, 0.2) is 42.6 Å². The number of hydrogen-bond acceptors (Lipinski definition) is 6. The van der Waals surface area contributed by atoms with Gasteiger partial charge in [-0.2, -0.15) is 0 Å². The first kappa shape index (κ1) is 21.4. The summed E-state index contributed by atoms with van der Waals surface area (Å²) in [5, 5.41) is 3.39. The zero-order chi connectivity index (χ0) is 23.0. The number of nitrogens with one attached hydrogen (secondary N) is 2. The van der Waals surface area contributed by atoms with Crippen LogP contribution in [-0.2, 0) is 11.3 Å². The van der Waals surface area contributed by atoms with Crippen LogP contribution in [0.1, 0.15) is 42.4 Å². The maximum Gasteiger partial charge on any atom is 0.411 e. The number of nitrogens with two attached hydrogens (primary N) is 1. The number of fused-ring (bicyclic) bond motifs is 1. The molecule has 8 nitrogen and oxygen atoms in total. The highest BCUT2D eigenvalue weighted by Gasteiger charge is 2.34. The minimum Gasteiger partial charge on any atom is -0.444 e. The van der Waals surface area contributed by atoms with Crippen LogP contribution in [-0.4, -0.2) is 38.9 Å². The van der Waals surface area contributed by atoms with Gasteiger partial charge in [0.25, 0.3) is 0 Å². The Morgan fingerprint density at radius 2 is 1.91 bits per heavy atom. The van der Waals surface area contributed by atoms with Crippen molar-refractivity contribution in [3.63, 3.8) is 0 Å². The van der Waals surface area contributed by atoms with E-state index in [2.05, 4.69) is 15.3 Å². The molecule has 0 unspecified atom stereocenters. The molecule has 0 radical (unpaired) electrons. The lowest BCUT2D eigenvalue weighted by Crippen LogP contribution is -2.42. The summed E-state index contributed by atoms with van der Waals surface area (Å²) < 4.78 is 5.47. The molecular weight excluding hydrogens is 406 g/mol. The average Bonchev–Trinajstić information content (AvgIpc) is 3.07. The molecule has 4 rings (SSSR count). The van der Waals surface area contributed by atoms with Crippen molar-refractivity contribution in [1.82, 2.24) is 14.9 Å². The van der Waals surface area contributed by atoms with Crippen molar-refractivity contribution in [3.05, 3.63) is 59.4 Å². The number of amides is 1. The first-order chi connectivity index (χ1) is 15.1. The third-order valence-electron chi connectivity index (χ3n) is 5.08. The molecule has 1 aliphatic heterocycles. The first-order valence-electron chi connectivity index (χ1n) is 10.4. The van der Waals surface area contributed by atoms with Crippen LogP contribution in [0.4, 0.5) is 22.0 Å². The molecule has 1 amide bonds. The molecule has 0 bridgehead atoms. The van der Waals surface area contributed by atoms with Crippen LogP contribution in [0, 0.1) is 6.92 Å². The van der Waals surface area contributed by atoms with Crippen molar-refractivity contribution >= 4 is 29.1 Å². The van der Waals surface area contributed by atoms with Crippen molar-refractivity contribution < 1.29 is 14.3 Å². The van der Waals surface area contributed by atoms with Crippen LogP contribution in [0.3, 0.4) is 0 Å². The van der Waals surface area contributed by atoms with Crippen LogP contribution in [0.5, 0.6) is 0 Å². The molecule has 0 saturated heterocycles. The Labute approximate surface area is 186 Å². The van der Waals surface area contributed by atoms with Gasteiger partial charge in [0, 0.05) is 23.1 Å². The van der Waals surface area contributed by atoms with E-state index in [0.29, 0.717) is 28.5 Å². The lowest BCUT2D eigenvalue weighted by molar-refractivity contribution is 0.0218.